The lowest BCUT2D eigenvalue weighted by atomic mass is 10.1. The van der Waals surface area contributed by atoms with Gasteiger partial charge in [0.15, 0.2) is 0 Å². The van der Waals surface area contributed by atoms with Gasteiger partial charge in [0.2, 0.25) is 0 Å². The highest BCUT2D eigenvalue weighted by molar-refractivity contribution is 7.06. The minimum atomic E-state index is -4.30. The molecule has 15 heavy (non-hydrogen) atoms. The van der Waals surface area contributed by atoms with Gasteiger partial charge in [0.05, 0.1) is 5.69 Å². The fourth-order valence-corrected chi connectivity index (χ4v) is 1.78. The molecule has 0 amide bonds. The molecule has 5 heteroatoms. The fraction of sp³-hybridized carbons (Fsp3) is 0.100. The zero-order valence-corrected chi connectivity index (χ0v) is 8.27. The van der Waals surface area contributed by atoms with Gasteiger partial charge in [-0.15, -0.1) is 0 Å². The molecule has 0 N–H and O–H groups in total. The van der Waals surface area contributed by atoms with E-state index in [9.17, 15) is 13.2 Å². The van der Waals surface area contributed by atoms with Gasteiger partial charge in [0, 0.05) is 5.56 Å². The van der Waals surface area contributed by atoms with Crippen molar-refractivity contribution in [2.75, 3.05) is 0 Å². The third-order valence-corrected chi connectivity index (χ3v) is 2.69. The molecule has 0 fully saturated rings. The number of nitrogens with zero attached hydrogens (tertiary/aromatic N) is 1. The van der Waals surface area contributed by atoms with Gasteiger partial charge in [-0.05, 0) is 17.6 Å². The quantitative estimate of drug-likeness (QED) is 0.724. The molecule has 2 rings (SSSR count). The van der Waals surface area contributed by atoms with E-state index in [1.54, 1.807) is 30.3 Å². The first-order valence-corrected chi connectivity index (χ1v) is 4.94. The maximum atomic E-state index is 12.3. The summed E-state index contributed by atoms with van der Waals surface area (Å²) in [5, 5.41) is 0. The largest absolute Gasteiger partial charge is 0.427 e. The van der Waals surface area contributed by atoms with Crippen LogP contribution >= 0.6 is 11.5 Å². The molecule has 1 aromatic carbocycles. The molecule has 1 aromatic heterocycles. The van der Waals surface area contributed by atoms with Crippen LogP contribution in [0.4, 0.5) is 13.2 Å². The van der Waals surface area contributed by atoms with Crippen LogP contribution in [0.1, 0.15) is 4.88 Å². The average molecular weight is 229 g/mol. The average Bonchev–Trinajstić information content (AvgIpc) is 2.67. The van der Waals surface area contributed by atoms with Gasteiger partial charge in [0.25, 0.3) is 0 Å². The van der Waals surface area contributed by atoms with Gasteiger partial charge in [-0.3, -0.25) is 0 Å². The van der Waals surface area contributed by atoms with Crippen LogP contribution in [0.15, 0.2) is 36.4 Å². The molecule has 0 radical (unpaired) electrons. The van der Waals surface area contributed by atoms with Crippen LogP contribution in [0, 0.1) is 0 Å². The standard InChI is InChI=1S/C10H6F3NS/c11-10(12,13)9-6-8(14-15-9)7-4-2-1-3-5-7/h1-6H. The van der Waals surface area contributed by atoms with Crippen molar-refractivity contribution in [3.63, 3.8) is 0 Å². The monoisotopic (exact) mass is 229 g/mol. The molecule has 2 aromatic rings. The number of halogens is 3. The zero-order valence-electron chi connectivity index (χ0n) is 7.45. The number of hydrogen-bond donors (Lipinski definition) is 0. The van der Waals surface area contributed by atoms with Crippen molar-refractivity contribution >= 4 is 11.5 Å². The first kappa shape index (κ1) is 10.2. The van der Waals surface area contributed by atoms with Crippen molar-refractivity contribution in [1.29, 1.82) is 0 Å². The summed E-state index contributed by atoms with van der Waals surface area (Å²) in [5.74, 6) is 0. The van der Waals surface area contributed by atoms with E-state index in [-0.39, 0.29) is 0 Å². The molecule has 0 unspecified atom stereocenters. The molecule has 0 spiro atoms. The minimum Gasteiger partial charge on any atom is -0.192 e. The zero-order chi connectivity index (χ0) is 10.9. The van der Waals surface area contributed by atoms with Crippen LogP contribution in [0.3, 0.4) is 0 Å². The highest BCUT2D eigenvalue weighted by atomic mass is 32.1. The highest BCUT2D eigenvalue weighted by Crippen LogP contribution is 2.34. The van der Waals surface area contributed by atoms with Crippen molar-refractivity contribution in [2.45, 2.75) is 6.18 Å². The fourth-order valence-electron chi connectivity index (χ4n) is 1.15. The molecule has 0 aliphatic carbocycles. The van der Waals surface area contributed by atoms with E-state index < -0.39 is 11.1 Å². The SMILES string of the molecule is FC(F)(F)c1cc(-c2ccccc2)ns1. The summed E-state index contributed by atoms with van der Waals surface area (Å²) in [6.45, 7) is 0. The van der Waals surface area contributed by atoms with E-state index in [0.29, 0.717) is 22.8 Å². The highest BCUT2D eigenvalue weighted by Gasteiger charge is 2.33. The number of alkyl halides is 3. The van der Waals surface area contributed by atoms with Gasteiger partial charge in [-0.25, -0.2) is 0 Å². The Morgan fingerprint density at radius 1 is 1.07 bits per heavy atom. The van der Waals surface area contributed by atoms with Crippen LogP contribution in [0.5, 0.6) is 0 Å². The number of benzene rings is 1. The van der Waals surface area contributed by atoms with E-state index in [1.807, 2.05) is 0 Å². The van der Waals surface area contributed by atoms with E-state index in [2.05, 4.69) is 4.37 Å². The lowest BCUT2D eigenvalue weighted by molar-refractivity contribution is -0.134. The van der Waals surface area contributed by atoms with E-state index >= 15 is 0 Å². The number of rotatable bonds is 1. The first-order chi connectivity index (χ1) is 7.07. The summed E-state index contributed by atoms with van der Waals surface area (Å²) in [4.78, 5) is -0.665. The van der Waals surface area contributed by atoms with Crippen molar-refractivity contribution in [2.24, 2.45) is 0 Å². The molecule has 0 saturated heterocycles. The van der Waals surface area contributed by atoms with E-state index in [1.165, 1.54) is 0 Å². The number of hydrogen-bond acceptors (Lipinski definition) is 2. The predicted octanol–water partition coefficient (Wildman–Crippen LogP) is 3.83. The summed E-state index contributed by atoms with van der Waals surface area (Å²) in [7, 11) is 0. The Hall–Kier alpha value is -1.36. The molecular weight excluding hydrogens is 223 g/mol. The lowest BCUT2D eigenvalue weighted by Gasteiger charge is -1.99. The second kappa shape index (κ2) is 3.66. The molecule has 1 nitrogen and oxygen atoms in total. The minimum absolute atomic E-state index is 0.368. The Bertz CT molecular complexity index is 447. The lowest BCUT2D eigenvalue weighted by Crippen LogP contribution is -2.00. The van der Waals surface area contributed by atoms with Crippen LogP contribution in [-0.2, 0) is 6.18 Å². The Balaban J connectivity index is 2.37. The second-order valence-corrected chi connectivity index (χ2v) is 3.75. The van der Waals surface area contributed by atoms with Crippen LogP contribution < -0.4 is 0 Å². The van der Waals surface area contributed by atoms with Gasteiger partial charge >= 0.3 is 6.18 Å². The first-order valence-electron chi connectivity index (χ1n) is 4.17. The van der Waals surface area contributed by atoms with Crippen LogP contribution in [0.2, 0.25) is 0 Å². The molecular formula is C10H6F3NS. The van der Waals surface area contributed by atoms with Crippen molar-refractivity contribution in [1.82, 2.24) is 4.37 Å². The summed E-state index contributed by atoms with van der Waals surface area (Å²) in [6, 6.07) is 9.87. The Morgan fingerprint density at radius 2 is 1.73 bits per heavy atom. The third-order valence-electron chi connectivity index (χ3n) is 1.86. The van der Waals surface area contributed by atoms with Crippen molar-refractivity contribution in [3.8, 4) is 11.3 Å². The Labute approximate surface area is 88.4 Å². The molecule has 0 aliphatic heterocycles. The second-order valence-electron chi connectivity index (χ2n) is 2.94. The summed E-state index contributed by atoms with van der Waals surface area (Å²) >= 11 is 0.476. The summed E-state index contributed by atoms with van der Waals surface area (Å²) in [5.41, 5.74) is 1.07. The molecule has 0 bridgehead atoms. The van der Waals surface area contributed by atoms with E-state index in [4.69, 9.17) is 0 Å². The molecule has 1 heterocycles. The van der Waals surface area contributed by atoms with E-state index in [0.717, 1.165) is 6.07 Å². The number of aromatic nitrogens is 1. The van der Waals surface area contributed by atoms with Crippen LogP contribution in [0.25, 0.3) is 11.3 Å². The van der Waals surface area contributed by atoms with Crippen molar-refractivity contribution in [3.05, 3.63) is 41.3 Å². The van der Waals surface area contributed by atoms with Gasteiger partial charge in [-0.2, -0.15) is 17.5 Å². The Morgan fingerprint density at radius 3 is 2.27 bits per heavy atom. The maximum absolute atomic E-state index is 12.3. The molecule has 0 atom stereocenters. The third kappa shape index (κ3) is 2.18. The predicted molar refractivity (Wildman–Crippen MR) is 52.6 cm³/mol. The summed E-state index contributed by atoms with van der Waals surface area (Å²) < 4.78 is 40.6. The molecule has 0 saturated carbocycles. The van der Waals surface area contributed by atoms with Gasteiger partial charge in [0.1, 0.15) is 4.88 Å². The maximum Gasteiger partial charge on any atom is 0.427 e. The van der Waals surface area contributed by atoms with Gasteiger partial charge < -0.3 is 0 Å². The van der Waals surface area contributed by atoms with Gasteiger partial charge in [-0.1, -0.05) is 30.3 Å². The Kier molecular flexibility index (Phi) is 2.48. The molecule has 0 aliphatic rings. The molecule has 78 valence electrons. The normalized spacial score (nSPS) is 11.7. The topological polar surface area (TPSA) is 12.9 Å². The van der Waals surface area contributed by atoms with Crippen molar-refractivity contribution < 1.29 is 13.2 Å². The smallest absolute Gasteiger partial charge is 0.192 e. The van der Waals surface area contributed by atoms with Crippen LogP contribution in [-0.4, -0.2) is 4.37 Å². The summed E-state index contributed by atoms with van der Waals surface area (Å²) in [6.07, 6.45) is -4.30.